The molecule has 12 heteroatoms. The SMILES string of the molecule is CCC(Oc1ccc([C@@]2(c3ccc(C(=O)OC)cc3)CC3CC[C@@H]2C3)cc1)c1ccccn1.CCC(Oc1ccc([C@@]2(c3ccc(C(=O)OC)cc3)CC3CC[C@@H]2C3)cc1)c1ccccn1.CCC(Oc1ccc([C@@]2(c3ccc(C(=O)OC)cc3)CC3CC[C@@H]2C3)cc1)c1ccccn1. The first-order chi connectivity index (χ1) is 48.4. The summed E-state index contributed by atoms with van der Waals surface area (Å²) in [6, 6.07) is 68.2. The van der Waals surface area contributed by atoms with Gasteiger partial charge in [0.1, 0.15) is 35.6 Å². The van der Waals surface area contributed by atoms with Gasteiger partial charge in [-0.3, -0.25) is 15.0 Å². The Morgan fingerprint density at radius 3 is 0.768 bits per heavy atom. The molecule has 510 valence electrons. The van der Waals surface area contributed by atoms with Crippen molar-refractivity contribution in [3.8, 4) is 17.2 Å². The van der Waals surface area contributed by atoms with Crippen LogP contribution in [0.4, 0.5) is 0 Å². The third kappa shape index (κ3) is 13.9. The van der Waals surface area contributed by atoms with E-state index in [1.807, 2.05) is 110 Å². The number of fused-ring (bicyclic) bond motifs is 6. The van der Waals surface area contributed by atoms with E-state index in [0.717, 1.165) is 71.3 Å². The van der Waals surface area contributed by atoms with E-state index in [2.05, 4.69) is 145 Å². The minimum absolute atomic E-state index is 0.00123. The Kier molecular flexibility index (Phi) is 20.9. The van der Waals surface area contributed by atoms with Crippen LogP contribution in [0.5, 0.6) is 17.2 Å². The molecule has 0 N–H and O–H groups in total. The second kappa shape index (κ2) is 30.4. The van der Waals surface area contributed by atoms with E-state index in [-0.39, 0.29) is 52.5 Å². The van der Waals surface area contributed by atoms with Crippen LogP contribution in [0, 0.1) is 35.5 Å². The Balaban J connectivity index is 0.000000133. The van der Waals surface area contributed by atoms with E-state index in [4.69, 9.17) is 28.4 Å². The Labute approximate surface area is 584 Å². The number of carbonyl (C=O) groups is 3. The highest BCUT2D eigenvalue weighted by molar-refractivity contribution is 5.90. The number of esters is 3. The minimum Gasteiger partial charge on any atom is -0.484 e. The molecule has 3 heterocycles. The summed E-state index contributed by atoms with van der Waals surface area (Å²) in [5.41, 5.74) is 12.6. The molecule has 12 atom stereocenters. The average molecular weight is 1320 g/mol. The van der Waals surface area contributed by atoms with Crippen LogP contribution in [0.2, 0.25) is 0 Å². The summed E-state index contributed by atoms with van der Waals surface area (Å²) in [7, 11) is 4.27. The highest BCUT2D eigenvalue weighted by Crippen LogP contribution is 2.63. The minimum atomic E-state index is -0.288. The van der Waals surface area contributed by atoms with Crippen LogP contribution in [-0.2, 0) is 30.5 Å². The lowest BCUT2D eigenvalue weighted by Gasteiger charge is -2.39. The molecule has 9 aromatic rings. The van der Waals surface area contributed by atoms with E-state index in [1.54, 1.807) is 0 Å². The fourth-order valence-corrected chi connectivity index (χ4v) is 18.4. The fraction of sp³-hybridized carbons (Fsp3) is 0.379. The van der Waals surface area contributed by atoms with Crippen molar-refractivity contribution in [2.24, 2.45) is 35.5 Å². The maximum atomic E-state index is 11.9. The highest BCUT2D eigenvalue weighted by Gasteiger charge is 2.55. The Morgan fingerprint density at radius 2 is 0.586 bits per heavy atom. The molecule has 6 fully saturated rings. The standard InChI is InChI=1S/3C29H31NO3/c3*1-3-27(26-6-4-5-17-30-26)33-25-15-13-23(14-16-25)29(19-20-7-10-24(29)18-20)22-11-8-21(9-12-22)28(31)32-2/h3*4-6,8-9,11-17,20,24,27H,3,7,10,18-19H2,1-2H3/t3*20?,24-,27?,29+/m111/s1. The number of ether oxygens (including phenoxy) is 6. The first-order valence-electron chi connectivity index (χ1n) is 36.0. The smallest absolute Gasteiger partial charge is 0.337 e. The zero-order valence-corrected chi connectivity index (χ0v) is 58.1. The zero-order valence-electron chi connectivity index (χ0n) is 58.1. The maximum Gasteiger partial charge on any atom is 0.337 e. The largest absolute Gasteiger partial charge is 0.484 e. The quantitative estimate of drug-likeness (QED) is 0.0499. The van der Waals surface area contributed by atoms with Crippen molar-refractivity contribution >= 4 is 17.9 Å². The molecule has 12 nitrogen and oxygen atoms in total. The molecule has 0 saturated heterocycles. The Morgan fingerprint density at radius 1 is 0.343 bits per heavy atom. The van der Waals surface area contributed by atoms with Gasteiger partial charge in [-0.25, -0.2) is 14.4 Å². The first-order valence-corrected chi connectivity index (χ1v) is 36.0. The number of benzene rings is 6. The monoisotopic (exact) mass is 1320 g/mol. The van der Waals surface area contributed by atoms with Gasteiger partial charge >= 0.3 is 17.9 Å². The molecule has 0 aliphatic heterocycles. The van der Waals surface area contributed by atoms with Gasteiger partial charge in [0.2, 0.25) is 0 Å². The van der Waals surface area contributed by atoms with Gasteiger partial charge in [0.05, 0.1) is 55.1 Å². The average Bonchev–Trinajstić information content (AvgIpc) is 1.62. The number of hydrogen-bond donors (Lipinski definition) is 0. The van der Waals surface area contributed by atoms with Crippen LogP contribution in [-0.4, -0.2) is 54.2 Å². The topological polar surface area (TPSA) is 145 Å². The summed E-state index contributed by atoms with van der Waals surface area (Å²) < 4.78 is 33.6. The van der Waals surface area contributed by atoms with Crippen LogP contribution in [0.15, 0.2) is 219 Å². The molecular formula is C87H93N3O9. The highest BCUT2D eigenvalue weighted by atomic mass is 16.5. The third-order valence-electron chi connectivity index (χ3n) is 23.1. The number of methoxy groups -OCH3 is 3. The second-order valence-corrected chi connectivity index (χ2v) is 28.2. The maximum absolute atomic E-state index is 11.9. The van der Waals surface area contributed by atoms with Gasteiger partial charge in [0.15, 0.2) is 0 Å². The zero-order chi connectivity index (χ0) is 68.5. The van der Waals surface area contributed by atoms with Crippen LogP contribution in [0.25, 0.3) is 0 Å². The van der Waals surface area contributed by atoms with Crippen molar-refractivity contribution in [2.45, 2.75) is 152 Å². The first kappa shape index (κ1) is 68.1. The van der Waals surface area contributed by atoms with Gasteiger partial charge in [0.25, 0.3) is 0 Å². The number of aromatic nitrogens is 3. The van der Waals surface area contributed by atoms with Gasteiger partial charge in [-0.1, -0.05) is 131 Å². The summed E-state index contributed by atoms with van der Waals surface area (Å²) in [4.78, 5) is 49.2. The Hall–Kier alpha value is -9.42. The molecule has 0 spiro atoms. The molecule has 6 unspecified atom stereocenters. The van der Waals surface area contributed by atoms with Crippen molar-refractivity contribution in [1.29, 1.82) is 0 Å². The lowest BCUT2D eigenvalue weighted by molar-refractivity contribution is 0.0592. The normalized spacial score (nSPS) is 24.4. The van der Waals surface area contributed by atoms with Gasteiger partial charge in [0, 0.05) is 34.8 Å². The van der Waals surface area contributed by atoms with Gasteiger partial charge in [-0.2, -0.15) is 0 Å². The van der Waals surface area contributed by atoms with Crippen LogP contribution < -0.4 is 14.2 Å². The van der Waals surface area contributed by atoms with Crippen molar-refractivity contribution in [3.63, 3.8) is 0 Å². The number of hydrogen-bond acceptors (Lipinski definition) is 12. The third-order valence-corrected chi connectivity index (χ3v) is 23.1. The number of pyridine rings is 3. The molecule has 6 saturated carbocycles. The number of nitrogens with zero attached hydrogens (tertiary/aromatic N) is 3. The lowest BCUT2D eigenvalue weighted by Crippen LogP contribution is -2.34. The van der Waals surface area contributed by atoms with Crippen molar-refractivity contribution < 1.29 is 42.8 Å². The molecule has 6 bridgehead atoms. The summed E-state index contributed by atoms with van der Waals surface area (Å²) in [5, 5.41) is 0. The Bertz CT molecular complexity index is 3710. The molecule has 0 amide bonds. The van der Waals surface area contributed by atoms with Crippen LogP contribution >= 0.6 is 0 Å². The van der Waals surface area contributed by atoms with Crippen LogP contribution in [0.3, 0.4) is 0 Å². The van der Waals surface area contributed by atoms with Crippen LogP contribution in [0.1, 0.15) is 217 Å². The predicted molar refractivity (Wildman–Crippen MR) is 385 cm³/mol. The number of rotatable bonds is 21. The molecule has 6 aliphatic carbocycles. The van der Waals surface area contributed by atoms with Gasteiger partial charge < -0.3 is 28.4 Å². The van der Waals surface area contributed by atoms with Crippen molar-refractivity contribution in [2.75, 3.05) is 21.3 Å². The van der Waals surface area contributed by atoms with Gasteiger partial charge in [-0.15, -0.1) is 0 Å². The molecule has 15 rings (SSSR count). The molecule has 3 aromatic heterocycles. The van der Waals surface area contributed by atoms with E-state index in [1.165, 1.54) is 132 Å². The summed E-state index contributed by atoms with van der Waals surface area (Å²) in [5.74, 6) is 5.98. The molecule has 6 aliphatic rings. The molecule has 99 heavy (non-hydrogen) atoms. The second-order valence-electron chi connectivity index (χ2n) is 28.2. The molecular weight excluding hydrogens is 1230 g/mol. The van der Waals surface area contributed by atoms with Crippen molar-refractivity contribution in [1.82, 2.24) is 15.0 Å². The summed E-state index contributed by atoms with van der Waals surface area (Å²) >= 11 is 0. The van der Waals surface area contributed by atoms with E-state index in [0.29, 0.717) is 34.4 Å². The number of carbonyl (C=O) groups excluding carboxylic acids is 3. The summed E-state index contributed by atoms with van der Waals surface area (Å²) in [6.45, 7) is 6.36. The predicted octanol–water partition coefficient (Wildman–Crippen LogP) is 19.5. The van der Waals surface area contributed by atoms with E-state index >= 15 is 0 Å². The summed E-state index contributed by atoms with van der Waals surface area (Å²) in [6.07, 6.45) is 23.0. The van der Waals surface area contributed by atoms with E-state index < -0.39 is 0 Å². The van der Waals surface area contributed by atoms with E-state index in [9.17, 15) is 14.4 Å². The lowest BCUT2D eigenvalue weighted by atomic mass is 9.64. The molecule has 0 radical (unpaired) electrons. The van der Waals surface area contributed by atoms with Crippen molar-refractivity contribution in [3.05, 3.63) is 286 Å². The fourth-order valence-electron chi connectivity index (χ4n) is 18.4. The van der Waals surface area contributed by atoms with Gasteiger partial charge in [-0.05, 0) is 255 Å². The molecule has 6 aromatic carbocycles.